The molecule has 3 N–H and O–H groups in total. The molecule has 1 unspecified atom stereocenters. The average Bonchev–Trinajstić information content (AvgIpc) is 3.57. The number of hydrogen-bond acceptors (Lipinski definition) is 6. The number of aryl methyl sites for hydroxylation is 1. The highest BCUT2D eigenvalue weighted by Gasteiger charge is 2.48. The fourth-order valence-electron chi connectivity index (χ4n) is 5.26. The summed E-state index contributed by atoms with van der Waals surface area (Å²) >= 11 is 0. The van der Waals surface area contributed by atoms with E-state index < -0.39 is 54.9 Å². The zero-order chi connectivity index (χ0) is 29.7. The van der Waals surface area contributed by atoms with Crippen LogP contribution in [0.2, 0.25) is 0 Å². The summed E-state index contributed by atoms with van der Waals surface area (Å²) in [7, 11) is 1.36. The molecule has 4 rings (SSSR count). The van der Waals surface area contributed by atoms with E-state index >= 15 is 0 Å². The van der Waals surface area contributed by atoms with Crippen molar-refractivity contribution in [2.45, 2.75) is 69.6 Å². The van der Waals surface area contributed by atoms with Crippen LogP contribution in [0, 0.1) is 5.92 Å². The molecule has 4 amide bonds. The summed E-state index contributed by atoms with van der Waals surface area (Å²) in [6, 6.07) is -0.327. The van der Waals surface area contributed by atoms with Gasteiger partial charge in [0.2, 0.25) is 5.91 Å². The lowest BCUT2D eigenvalue weighted by atomic mass is 9.82. The van der Waals surface area contributed by atoms with Crippen LogP contribution in [0.1, 0.15) is 54.7 Å². The minimum atomic E-state index is -4.62. The van der Waals surface area contributed by atoms with Crippen LogP contribution in [0.5, 0.6) is 0 Å². The number of nitrogens with zero attached hydrogens (tertiary/aromatic N) is 4. The van der Waals surface area contributed by atoms with E-state index in [1.807, 2.05) is 12.2 Å². The van der Waals surface area contributed by atoms with E-state index in [0.717, 1.165) is 4.90 Å². The highest BCUT2D eigenvalue weighted by molar-refractivity contribution is 6.00. The predicted octanol–water partition coefficient (Wildman–Crippen LogP) is 3.21. The first-order chi connectivity index (χ1) is 19.5. The van der Waals surface area contributed by atoms with Gasteiger partial charge in [0.05, 0.1) is 19.2 Å². The highest BCUT2D eigenvalue weighted by atomic mass is 19.4. The third kappa shape index (κ3) is 7.13. The molecule has 2 aromatic heterocycles. The van der Waals surface area contributed by atoms with Gasteiger partial charge < -0.3 is 25.6 Å². The number of halogens is 4. The summed E-state index contributed by atoms with van der Waals surface area (Å²) in [6.07, 6.45) is -1.45. The number of methoxy groups -OCH3 is 1. The molecule has 0 spiro atoms. The summed E-state index contributed by atoms with van der Waals surface area (Å²) < 4.78 is 60.3. The smallest absolute Gasteiger partial charge is 0.382 e. The lowest BCUT2D eigenvalue weighted by Crippen LogP contribution is -2.50. The Morgan fingerprint density at radius 2 is 1.93 bits per heavy atom. The van der Waals surface area contributed by atoms with E-state index in [4.69, 9.17) is 4.74 Å². The molecular weight excluding hydrogens is 550 g/mol. The Morgan fingerprint density at radius 3 is 2.56 bits per heavy atom. The molecule has 0 bridgehead atoms. The number of anilines is 1. The van der Waals surface area contributed by atoms with Gasteiger partial charge in [0.25, 0.3) is 5.91 Å². The van der Waals surface area contributed by atoms with Crippen molar-refractivity contribution in [1.82, 2.24) is 30.3 Å². The number of nitrogens with one attached hydrogen (secondary N) is 3. The van der Waals surface area contributed by atoms with Crippen LogP contribution in [0.25, 0.3) is 0 Å². The number of amides is 4. The van der Waals surface area contributed by atoms with Gasteiger partial charge in [-0.05, 0) is 62.3 Å². The highest BCUT2D eigenvalue weighted by Crippen LogP contribution is 2.32. The molecule has 1 aliphatic carbocycles. The Balaban J connectivity index is 1.54. The third-order valence-corrected chi connectivity index (χ3v) is 7.44. The second-order valence-electron chi connectivity index (χ2n) is 10.1. The SMILES string of the molecule is CCn1nccc1C(=O)NC(C(=O)Nc1cc([C@@H](COC)N2C[C@@H](C(F)(F)F)NC2=O)ccn1)C1CCC(F)CC1. The van der Waals surface area contributed by atoms with Crippen LogP contribution < -0.4 is 16.0 Å². The number of alkyl halides is 4. The Labute approximate surface area is 234 Å². The van der Waals surface area contributed by atoms with Gasteiger partial charge in [-0.1, -0.05) is 0 Å². The molecule has 2 fully saturated rings. The Morgan fingerprint density at radius 1 is 1.20 bits per heavy atom. The van der Waals surface area contributed by atoms with Crippen LogP contribution in [0.3, 0.4) is 0 Å². The van der Waals surface area contributed by atoms with Gasteiger partial charge in [-0.3, -0.25) is 14.3 Å². The van der Waals surface area contributed by atoms with Crippen molar-refractivity contribution < 1.29 is 36.7 Å². The first-order valence-corrected chi connectivity index (χ1v) is 13.4. The van der Waals surface area contributed by atoms with Gasteiger partial charge >= 0.3 is 12.2 Å². The largest absolute Gasteiger partial charge is 0.410 e. The van der Waals surface area contributed by atoms with E-state index in [2.05, 4.69) is 20.7 Å². The maximum Gasteiger partial charge on any atom is 0.410 e. The molecular formula is C26H33F4N7O4. The summed E-state index contributed by atoms with van der Waals surface area (Å²) in [5.41, 5.74) is 0.661. The summed E-state index contributed by atoms with van der Waals surface area (Å²) in [5.74, 6) is -1.35. The van der Waals surface area contributed by atoms with E-state index in [9.17, 15) is 31.9 Å². The monoisotopic (exact) mass is 583 g/mol. The number of urea groups is 1. The maximum absolute atomic E-state index is 13.9. The summed E-state index contributed by atoms with van der Waals surface area (Å²) in [6.45, 7) is 1.55. The molecule has 11 nitrogen and oxygen atoms in total. The lowest BCUT2D eigenvalue weighted by Gasteiger charge is -2.31. The van der Waals surface area contributed by atoms with E-state index in [1.165, 1.54) is 42.4 Å². The zero-order valence-electron chi connectivity index (χ0n) is 22.7. The van der Waals surface area contributed by atoms with Crippen LogP contribution in [-0.4, -0.2) is 82.2 Å². The van der Waals surface area contributed by atoms with Crippen LogP contribution in [-0.2, 0) is 16.1 Å². The van der Waals surface area contributed by atoms with Crippen molar-refractivity contribution >= 4 is 23.7 Å². The average molecular weight is 584 g/mol. The number of hydrogen-bond donors (Lipinski definition) is 3. The number of rotatable bonds is 10. The number of aromatic nitrogens is 3. The van der Waals surface area contributed by atoms with Gasteiger partial charge in [0, 0.05) is 26.0 Å². The van der Waals surface area contributed by atoms with Crippen molar-refractivity contribution in [3.05, 3.63) is 41.9 Å². The van der Waals surface area contributed by atoms with Crippen LogP contribution in [0.4, 0.5) is 28.2 Å². The molecule has 0 radical (unpaired) electrons. The number of carbonyl (C=O) groups excluding carboxylic acids is 3. The van der Waals surface area contributed by atoms with E-state index in [1.54, 1.807) is 0 Å². The number of pyridine rings is 1. The topological polar surface area (TPSA) is 130 Å². The van der Waals surface area contributed by atoms with Gasteiger partial charge in [-0.2, -0.15) is 18.3 Å². The van der Waals surface area contributed by atoms with Crippen LogP contribution >= 0.6 is 0 Å². The van der Waals surface area contributed by atoms with Crippen molar-refractivity contribution in [2.24, 2.45) is 5.92 Å². The quantitative estimate of drug-likeness (QED) is 0.369. The molecule has 3 heterocycles. The summed E-state index contributed by atoms with van der Waals surface area (Å²) in [5, 5.41) is 11.5. The fourth-order valence-corrected chi connectivity index (χ4v) is 5.26. The summed E-state index contributed by atoms with van der Waals surface area (Å²) in [4.78, 5) is 44.2. The fraction of sp³-hybridized carbons (Fsp3) is 0.577. The first-order valence-electron chi connectivity index (χ1n) is 13.4. The second-order valence-corrected chi connectivity index (χ2v) is 10.1. The molecule has 3 atom stereocenters. The van der Waals surface area contributed by atoms with Gasteiger partial charge in [0.15, 0.2) is 0 Å². The minimum Gasteiger partial charge on any atom is -0.382 e. The van der Waals surface area contributed by atoms with Crippen molar-refractivity contribution in [3.63, 3.8) is 0 Å². The van der Waals surface area contributed by atoms with E-state index in [-0.39, 0.29) is 36.9 Å². The maximum atomic E-state index is 13.9. The molecule has 41 heavy (non-hydrogen) atoms. The molecule has 15 heteroatoms. The Kier molecular flexibility index (Phi) is 9.46. The van der Waals surface area contributed by atoms with Gasteiger partial charge in [-0.25, -0.2) is 14.2 Å². The number of ether oxygens (including phenoxy) is 1. The molecule has 2 aliphatic rings. The van der Waals surface area contributed by atoms with E-state index in [0.29, 0.717) is 24.9 Å². The number of carbonyl (C=O) groups is 3. The normalized spacial score (nSPS) is 22.6. The Bertz CT molecular complexity index is 1230. The lowest BCUT2D eigenvalue weighted by molar-refractivity contribution is -0.150. The molecule has 1 aliphatic heterocycles. The minimum absolute atomic E-state index is 0.0672. The predicted molar refractivity (Wildman–Crippen MR) is 139 cm³/mol. The molecule has 1 saturated carbocycles. The van der Waals surface area contributed by atoms with Crippen LogP contribution in [0.15, 0.2) is 30.6 Å². The molecule has 2 aromatic rings. The van der Waals surface area contributed by atoms with Crippen molar-refractivity contribution in [1.29, 1.82) is 0 Å². The second kappa shape index (κ2) is 12.8. The molecule has 0 aromatic carbocycles. The Hall–Kier alpha value is -3.75. The molecule has 1 saturated heterocycles. The van der Waals surface area contributed by atoms with Crippen molar-refractivity contribution in [3.8, 4) is 0 Å². The van der Waals surface area contributed by atoms with Gasteiger partial charge in [-0.15, -0.1) is 0 Å². The zero-order valence-corrected chi connectivity index (χ0v) is 22.7. The van der Waals surface area contributed by atoms with Crippen molar-refractivity contribution in [2.75, 3.05) is 25.6 Å². The van der Waals surface area contributed by atoms with Gasteiger partial charge in [0.1, 0.15) is 29.8 Å². The standard InChI is InChI=1S/C26H33F4N7O4/c1-3-37-18(9-11-32-37)23(38)35-22(15-4-6-17(27)7-5-15)24(39)34-21-12-16(8-10-31-21)19(14-41-2)36-13-20(26(28,29)30)33-25(36)40/h8-12,15,17,19-20,22H,3-7,13-14H2,1-2H3,(H,33,40)(H,35,38)(H,31,34,39)/t15?,17?,19-,20+,22?/m1/s1. The first kappa shape index (κ1) is 30.2. The third-order valence-electron chi connectivity index (χ3n) is 7.44. The molecule has 224 valence electrons.